The summed E-state index contributed by atoms with van der Waals surface area (Å²) in [6, 6.07) is 3.22. The second-order valence-electron chi connectivity index (χ2n) is 4.76. The molecule has 0 spiro atoms. The van der Waals surface area contributed by atoms with Crippen molar-refractivity contribution < 1.29 is 4.39 Å². The molecule has 0 aliphatic rings. The van der Waals surface area contributed by atoms with E-state index in [4.69, 9.17) is 0 Å². The Kier molecular flexibility index (Phi) is 5.12. The molecule has 21 heavy (non-hydrogen) atoms. The van der Waals surface area contributed by atoms with Crippen molar-refractivity contribution >= 4 is 33.3 Å². The molecule has 0 atom stereocenters. The first-order chi connectivity index (χ1) is 10.1. The van der Waals surface area contributed by atoms with E-state index >= 15 is 0 Å². The topological polar surface area (TPSA) is 49.8 Å². The molecular formula is C15H18BrFN4. The number of aromatic nitrogens is 2. The van der Waals surface area contributed by atoms with Gasteiger partial charge in [0.15, 0.2) is 0 Å². The average Bonchev–Trinajstić information content (AvgIpc) is 2.46. The van der Waals surface area contributed by atoms with Crippen LogP contribution in [-0.4, -0.2) is 17.0 Å². The zero-order valence-corrected chi connectivity index (χ0v) is 13.9. The molecule has 2 aromatic rings. The van der Waals surface area contributed by atoms with Crippen LogP contribution in [0.25, 0.3) is 0 Å². The molecule has 0 aliphatic carbocycles. The highest BCUT2D eigenvalue weighted by Gasteiger charge is 2.12. The van der Waals surface area contributed by atoms with E-state index in [1.54, 1.807) is 6.07 Å². The predicted molar refractivity (Wildman–Crippen MR) is 87.7 cm³/mol. The summed E-state index contributed by atoms with van der Waals surface area (Å²) in [5.41, 5.74) is 2.65. The Hall–Kier alpha value is -1.69. The highest BCUT2D eigenvalue weighted by Crippen LogP contribution is 2.29. The van der Waals surface area contributed by atoms with Crippen LogP contribution in [0, 0.1) is 12.7 Å². The van der Waals surface area contributed by atoms with Gasteiger partial charge in [0.25, 0.3) is 0 Å². The lowest BCUT2D eigenvalue weighted by Crippen LogP contribution is -2.06. The smallest absolute Gasteiger partial charge is 0.139 e. The lowest BCUT2D eigenvalue weighted by Gasteiger charge is -2.15. The van der Waals surface area contributed by atoms with Crippen molar-refractivity contribution in [3.05, 3.63) is 39.9 Å². The fourth-order valence-corrected chi connectivity index (χ4v) is 2.59. The van der Waals surface area contributed by atoms with Gasteiger partial charge in [0.1, 0.15) is 23.8 Å². The number of rotatable bonds is 5. The Morgan fingerprint density at radius 1 is 1.24 bits per heavy atom. The highest BCUT2D eigenvalue weighted by molar-refractivity contribution is 9.10. The van der Waals surface area contributed by atoms with Gasteiger partial charge in [-0.2, -0.15) is 0 Å². The molecule has 2 rings (SSSR count). The summed E-state index contributed by atoms with van der Waals surface area (Å²) in [7, 11) is 1.83. The van der Waals surface area contributed by atoms with Crippen LogP contribution in [0.3, 0.4) is 0 Å². The third-order valence-corrected chi connectivity index (χ3v) is 3.81. The molecule has 0 bridgehead atoms. The summed E-state index contributed by atoms with van der Waals surface area (Å²) in [6.45, 7) is 4.02. The summed E-state index contributed by atoms with van der Waals surface area (Å²) in [4.78, 5) is 8.53. The molecule has 1 heterocycles. The number of hydrogen-bond acceptors (Lipinski definition) is 4. The maximum atomic E-state index is 13.7. The van der Waals surface area contributed by atoms with Crippen LogP contribution in [0.1, 0.15) is 24.5 Å². The average molecular weight is 353 g/mol. The van der Waals surface area contributed by atoms with Crippen LogP contribution in [-0.2, 0) is 6.42 Å². The van der Waals surface area contributed by atoms with Crippen LogP contribution in [0.5, 0.6) is 0 Å². The number of halogens is 2. The van der Waals surface area contributed by atoms with E-state index in [-0.39, 0.29) is 5.82 Å². The molecule has 0 saturated heterocycles. The van der Waals surface area contributed by atoms with E-state index < -0.39 is 0 Å². The fourth-order valence-electron chi connectivity index (χ4n) is 2.13. The number of benzene rings is 1. The quantitative estimate of drug-likeness (QED) is 0.835. The number of hydrogen-bond donors (Lipinski definition) is 2. The van der Waals surface area contributed by atoms with E-state index in [2.05, 4.69) is 43.5 Å². The number of aryl methyl sites for hydroxylation is 1. The van der Waals surface area contributed by atoms with Gasteiger partial charge in [-0.3, -0.25) is 0 Å². The minimum absolute atomic E-state index is 0.303. The molecule has 6 heteroatoms. The molecule has 0 radical (unpaired) electrons. The third-order valence-electron chi connectivity index (χ3n) is 3.20. The molecule has 1 aromatic carbocycles. The van der Waals surface area contributed by atoms with Crippen molar-refractivity contribution in [3.8, 4) is 0 Å². The van der Waals surface area contributed by atoms with Crippen LogP contribution in [0.15, 0.2) is 22.9 Å². The molecule has 4 nitrogen and oxygen atoms in total. The molecule has 1 aromatic heterocycles. The summed E-state index contributed by atoms with van der Waals surface area (Å²) >= 11 is 3.19. The Bertz CT molecular complexity index is 646. The van der Waals surface area contributed by atoms with Crippen LogP contribution in [0.2, 0.25) is 0 Å². The second kappa shape index (κ2) is 6.85. The summed E-state index contributed by atoms with van der Waals surface area (Å²) in [5.74, 6) is 1.20. The standard InChI is InChI=1S/C15H18BrFN4/c1-4-5-10-14(18-3)19-8-20-15(10)21-13-7-12(17)11(16)6-9(13)2/h6-8H,4-5H2,1-3H3,(H2,18,19,20,21). The molecule has 0 saturated carbocycles. The summed E-state index contributed by atoms with van der Waals surface area (Å²) in [6.07, 6.45) is 3.32. The third kappa shape index (κ3) is 3.50. The molecule has 0 amide bonds. The first-order valence-corrected chi connectivity index (χ1v) is 7.60. The van der Waals surface area contributed by atoms with Crippen molar-refractivity contribution in [3.63, 3.8) is 0 Å². The minimum atomic E-state index is -0.303. The second-order valence-corrected chi connectivity index (χ2v) is 5.61. The number of nitrogens with zero attached hydrogens (tertiary/aromatic N) is 2. The lowest BCUT2D eigenvalue weighted by atomic mass is 10.1. The van der Waals surface area contributed by atoms with E-state index in [0.29, 0.717) is 16.0 Å². The molecule has 0 aliphatic heterocycles. The molecule has 2 N–H and O–H groups in total. The largest absolute Gasteiger partial charge is 0.373 e. The van der Waals surface area contributed by atoms with Crippen LogP contribution in [0.4, 0.5) is 21.7 Å². The Balaban J connectivity index is 2.42. The van der Waals surface area contributed by atoms with Gasteiger partial charge in [-0.05, 0) is 47.0 Å². The molecular weight excluding hydrogens is 335 g/mol. The monoisotopic (exact) mass is 352 g/mol. The van der Waals surface area contributed by atoms with E-state index in [9.17, 15) is 4.39 Å². The zero-order valence-electron chi connectivity index (χ0n) is 12.3. The normalized spacial score (nSPS) is 10.5. The Morgan fingerprint density at radius 3 is 2.62 bits per heavy atom. The van der Waals surface area contributed by atoms with Crippen LogP contribution >= 0.6 is 15.9 Å². The van der Waals surface area contributed by atoms with Gasteiger partial charge < -0.3 is 10.6 Å². The predicted octanol–water partition coefficient (Wildman–Crippen LogP) is 4.42. The van der Waals surface area contributed by atoms with E-state index in [1.807, 2.05) is 14.0 Å². The van der Waals surface area contributed by atoms with Crippen molar-refractivity contribution in [2.45, 2.75) is 26.7 Å². The van der Waals surface area contributed by atoms with Crippen molar-refractivity contribution in [1.29, 1.82) is 0 Å². The van der Waals surface area contributed by atoms with Crippen molar-refractivity contribution in [2.75, 3.05) is 17.7 Å². The molecule has 0 fully saturated rings. The SMILES string of the molecule is CCCc1c(NC)ncnc1Nc1cc(F)c(Br)cc1C. The molecule has 0 unspecified atom stereocenters. The maximum absolute atomic E-state index is 13.7. The van der Waals surface area contributed by atoms with Gasteiger partial charge in [0.05, 0.1) is 4.47 Å². The summed E-state index contributed by atoms with van der Waals surface area (Å²) in [5, 5.41) is 6.29. The summed E-state index contributed by atoms with van der Waals surface area (Å²) < 4.78 is 14.2. The van der Waals surface area contributed by atoms with E-state index in [0.717, 1.165) is 29.8 Å². The van der Waals surface area contributed by atoms with Gasteiger partial charge in [-0.25, -0.2) is 14.4 Å². The molecule has 112 valence electrons. The Labute approximate surface area is 132 Å². The first kappa shape index (κ1) is 15.7. The minimum Gasteiger partial charge on any atom is -0.373 e. The van der Waals surface area contributed by atoms with Gasteiger partial charge in [-0.15, -0.1) is 0 Å². The van der Waals surface area contributed by atoms with Gasteiger partial charge in [-0.1, -0.05) is 13.3 Å². The highest BCUT2D eigenvalue weighted by atomic mass is 79.9. The van der Waals surface area contributed by atoms with Crippen LogP contribution < -0.4 is 10.6 Å². The number of anilines is 3. The zero-order chi connectivity index (χ0) is 15.4. The lowest BCUT2D eigenvalue weighted by molar-refractivity contribution is 0.621. The van der Waals surface area contributed by atoms with Gasteiger partial charge >= 0.3 is 0 Å². The van der Waals surface area contributed by atoms with Crippen molar-refractivity contribution in [2.24, 2.45) is 0 Å². The maximum Gasteiger partial charge on any atom is 0.139 e. The first-order valence-electron chi connectivity index (χ1n) is 6.81. The van der Waals surface area contributed by atoms with Gasteiger partial charge in [0.2, 0.25) is 0 Å². The van der Waals surface area contributed by atoms with E-state index in [1.165, 1.54) is 12.4 Å². The van der Waals surface area contributed by atoms with Crippen molar-refractivity contribution in [1.82, 2.24) is 9.97 Å². The number of nitrogens with one attached hydrogen (secondary N) is 2. The fraction of sp³-hybridized carbons (Fsp3) is 0.333. The Morgan fingerprint density at radius 2 is 1.95 bits per heavy atom. The van der Waals surface area contributed by atoms with Gasteiger partial charge in [0, 0.05) is 18.3 Å².